The van der Waals surface area contributed by atoms with Gasteiger partial charge in [0, 0.05) is 17.8 Å². The smallest absolute Gasteiger partial charge is 0.254 e. The minimum absolute atomic E-state index is 0.160. The van der Waals surface area contributed by atoms with Crippen LogP contribution < -0.4 is 5.32 Å². The van der Waals surface area contributed by atoms with Crippen LogP contribution in [0.2, 0.25) is 0 Å². The number of nitrogens with one attached hydrogen (secondary N) is 1. The summed E-state index contributed by atoms with van der Waals surface area (Å²) in [6, 6.07) is 1.93. The predicted molar refractivity (Wildman–Crippen MR) is 64.9 cm³/mol. The van der Waals surface area contributed by atoms with Crippen LogP contribution in [0.3, 0.4) is 0 Å². The summed E-state index contributed by atoms with van der Waals surface area (Å²) in [6.07, 6.45) is 7.12. The Labute approximate surface area is 100 Å². The average Bonchev–Trinajstić information content (AvgIpc) is 2.84. The molecule has 0 unspecified atom stereocenters. The molecule has 90 valence electrons. The highest BCUT2D eigenvalue weighted by atomic mass is 15.3. The zero-order valence-electron chi connectivity index (χ0n) is 10.1. The number of hydrogen-bond donors (Lipinski definition) is 1. The third-order valence-corrected chi connectivity index (χ3v) is 3.90. The van der Waals surface area contributed by atoms with Gasteiger partial charge in [0.05, 0.1) is 0 Å². The second-order valence-electron chi connectivity index (χ2n) is 4.70. The number of hydrogen-bond acceptors (Lipinski definition) is 4. The Morgan fingerprint density at radius 3 is 2.94 bits per heavy atom. The van der Waals surface area contributed by atoms with Crippen molar-refractivity contribution in [2.45, 2.75) is 31.6 Å². The molecular formula is C12H17N5. The van der Waals surface area contributed by atoms with E-state index in [1.807, 2.05) is 16.7 Å². The molecule has 0 amide bonds. The van der Waals surface area contributed by atoms with Crippen LogP contribution in [0.1, 0.15) is 32.0 Å². The van der Waals surface area contributed by atoms with Gasteiger partial charge in [0.25, 0.3) is 5.78 Å². The van der Waals surface area contributed by atoms with E-state index >= 15 is 0 Å². The van der Waals surface area contributed by atoms with Gasteiger partial charge in [-0.2, -0.15) is 0 Å². The molecule has 1 saturated heterocycles. The fraction of sp³-hybridized carbons (Fsp3) is 0.583. The lowest BCUT2D eigenvalue weighted by atomic mass is 9.76. The highest BCUT2D eigenvalue weighted by molar-refractivity contribution is 5.29. The fourth-order valence-electron chi connectivity index (χ4n) is 2.74. The summed E-state index contributed by atoms with van der Waals surface area (Å²) in [5.74, 6) is 1.78. The molecule has 1 aliphatic rings. The van der Waals surface area contributed by atoms with E-state index in [2.05, 4.69) is 27.4 Å². The van der Waals surface area contributed by atoms with E-state index in [0.29, 0.717) is 5.78 Å². The number of aromatic nitrogens is 4. The Bertz CT molecular complexity index is 512. The van der Waals surface area contributed by atoms with Gasteiger partial charge >= 0.3 is 0 Å². The highest BCUT2D eigenvalue weighted by Gasteiger charge is 2.36. The second kappa shape index (κ2) is 4.07. The molecule has 0 radical (unpaired) electrons. The summed E-state index contributed by atoms with van der Waals surface area (Å²) in [7, 11) is 0. The molecule has 0 aliphatic carbocycles. The molecule has 0 bridgehead atoms. The largest absolute Gasteiger partial charge is 0.317 e. The summed E-state index contributed by atoms with van der Waals surface area (Å²) >= 11 is 0. The first-order valence-electron chi connectivity index (χ1n) is 6.23. The van der Waals surface area contributed by atoms with Crippen molar-refractivity contribution in [3.63, 3.8) is 0 Å². The Morgan fingerprint density at radius 2 is 2.18 bits per heavy atom. The molecule has 0 spiro atoms. The topological polar surface area (TPSA) is 55.1 Å². The molecule has 3 rings (SSSR count). The molecule has 0 saturated carbocycles. The molecule has 5 nitrogen and oxygen atoms in total. The molecule has 2 aromatic heterocycles. The number of nitrogens with zero attached hydrogens (tertiary/aromatic N) is 4. The number of fused-ring (bicyclic) bond motifs is 1. The molecule has 0 aromatic carbocycles. The molecular weight excluding hydrogens is 214 g/mol. The minimum Gasteiger partial charge on any atom is -0.317 e. The quantitative estimate of drug-likeness (QED) is 0.842. The lowest BCUT2D eigenvalue weighted by Gasteiger charge is -2.35. The van der Waals surface area contributed by atoms with E-state index in [9.17, 15) is 0 Å². The maximum absolute atomic E-state index is 4.38. The van der Waals surface area contributed by atoms with Gasteiger partial charge in [-0.3, -0.25) is 4.40 Å². The third-order valence-electron chi connectivity index (χ3n) is 3.90. The van der Waals surface area contributed by atoms with Crippen LogP contribution >= 0.6 is 0 Å². The Balaban J connectivity index is 2.12. The van der Waals surface area contributed by atoms with Crippen molar-refractivity contribution in [2.24, 2.45) is 0 Å². The van der Waals surface area contributed by atoms with Gasteiger partial charge in [-0.15, -0.1) is 10.2 Å². The molecule has 0 atom stereocenters. The minimum atomic E-state index is 0.160. The fourth-order valence-corrected chi connectivity index (χ4v) is 2.74. The number of rotatable bonds is 2. The van der Waals surface area contributed by atoms with E-state index in [1.54, 1.807) is 6.20 Å². The summed E-state index contributed by atoms with van der Waals surface area (Å²) in [5.41, 5.74) is 0.160. The standard InChI is InChI=1S/C12H17N5/c1-2-12(4-7-13-8-5-12)10-15-16-11-14-6-3-9-17(10)11/h3,6,9,13H,2,4-5,7-8H2,1H3. The van der Waals surface area contributed by atoms with Crippen LogP contribution in [0.25, 0.3) is 5.78 Å². The molecule has 5 heteroatoms. The summed E-state index contributed by atoms with van der Waals surface area (Å²) in [5, 5.41) is 12.0. The van der Waals surface area contributed by atoms with Crippen molar-refractivity contribution in [3.05, 3.63) is 24.3 Å². The Hall–Kier alpha value is -1.49. The Morgan fingerprint density at radius 1 is 1.35 bits per heavy atom. The van der Waals surface area contributed by atoms with Crippen LogP contribution in [0.4, 0.5) is 0 Å². The second-order valence-corrected chi connectivity index (χ2v) is 4.70. The maximum Gasteiger partial charge on any atom is 0.254 e. The van der Waals surface area contributed by atoms with E-state index in [1.165, 1.54) is 0 Å². The monoisotopic (exact) mass is 231 g/mol. The highest BCUT2D eigenvalue weighted by Crippen LogP contribution is 2.35. The molecule has 1 fully saturated rings. The zero-order chi connectivity index (χ0) is 11.7. The van der Waals surface area contributed by atoms with Gasteiger partial charge < -0.3 is 5.32 Å². The molecule has 2 aromatic rings. The SMILES string of the molecule is CCC1(c2nnc3ncccn23)CCNCC1. The molecule has 3 heterocycles. The van der Waals surface area contributed by atoms with Crippen molar-refractivity contribution < 1.29 is 0 Å². The van der Waals surface area contributed by atoms with Crippen LogP contribution in [-0.2, 0) is 5.41 Å². The van der Waals surface area contributed by atoms with Gasteiger partial charge in [0.1, 0.15) is 5.82 Å². The van der Waals surface area contributed by atoms with Crippen molar-refractivity contribution in [2.75, 3.05) is 13.1 Å². The van der Waals surface area contributed by atoms with Crippen LogP contribution in [0.15, 0.2) is 18.5 Å². The van der Waals surface area contributed by atoms with E-state index in [4.69, 9.17) is 0 Å². The van der Waals surface area contributed by atoms with Gasteiger partial charge in [-0.25, -0.2) is 4.98 Å². The van der Waals surface area contributed by atoms with Crippen LogP contribution in [0, 0.1) is 0 Å². The molecule has 1 N–H and O–H groups in total. The summed E-state index contributed by atoms with van der Waals surface area (Å²) in [6.45, 7) is 4.36. The van der Waals surface area contributed by atoms with Crippen molar-refractivity contribution in [1.29, 1.82) is 0 Å². The lowest BCUT2D eigenvalue weighted by molar-refractivity contribution is 0.280. The maximum atomic E-state index is 4.38. The van der Waals surface area contributed by atoms with Gasteiger partial charge in [-0.1, -0.05) is 6.92 Å². The van der Waals surface area contributed by atoms with Crippen molar-refractivity contribution >= 4 is 5.78 Å². The first-order chi connectivity index (χ1) is 8.36. The lowest BCUT2D eigenvalue weighted by Crippen LogP contribution is -2.40. The predicted octanol–water partition coefficient (Wildman–Crippen LogP) is 1.16. The van der Waals surface area contributed by atoms with Crippen molar-refractivity contribution in [1.82, 2.24) is 24.9 Å². The zero-order valence-corrected chi connectivity index (χ0v) is 10.1. The van der Waals surface area contributed by atoms with Crippen LogP contribution in [0.5, 0.6) is 0 Å². The molecule has 17 heavy (non-hydrogen) atoms. The first-order valence-corrected chi connectivity index (χ1v) is 6.23. The van der Waals surface area contributed by atoms with Gasteiger partial charge in [-0.05, 0) is 38.4 Å². The summed E-state index contributed by atoms with van der Waals surface area (Å²) in [4.78, 5) is 4.24. The first kappa shape index (κ1) is 10.7. The normalized spacial score (nSPS) is 19.6. The molecule has 1 aliphatic heterocycles. The summed E-state index contributed by atoms with van der Waals surface area (Å²) < 4.78 is 2.04. The van der Waals surface area contributed by atoms with Gasteiger partial charge in [0.15, 0.2) is 0 Å². The number of piperidine rings is 1. The third kappa shape index (κ3) is 1.61. The van der Waals surface area contributed by atoms with E-state index in [0.717, 1.165) is 38.2 Å². The average molecular weight is 231 g/mol. The van der Waals surface area contributed by atoms with E-state index < -0.39 is 0 Å². The Kier molecular flexibility index (Phi) is 2.55. The van der Waals surface area contributed by atoms with Crippen molar-refractivity contribution in [3.8, 4) is 0 Å². The van der Waals surface area contributed by atoms with Crippen LogP contribution in [-0.4, -0.2) is 32.7 Å². The van der Waals surface area contributed by atoms with E-state index in [-0.39, 0.29) is 5.41 Å². The van der Waals surface area contributed by atoms with Gasteiger partial charge in [0.2, 0.25) is 0 Å².